The van der Waals surface area contributed by atoms with Crippen molar-refractivity contribution in [1.82, 2.24) is 9.97 Å². The number of allylic oxidation sites excluding steroid dienone is 3. The van der Waals surface area contributed by atoms with Crippen LogP contribution in [0.15, 0.2) is 72.1 Å². The maximum Gasteiger partial charge on any atom is 0.199 e. The first-order valence-corrected chi connectivity index (χ1v) is 24.2. The van der Waals surface area contributed by atoms with E-state index in [-0.39, 0.29) is 69.3 Å². The molecule has 348 valence electrons. The highest BCUT2D eigenvalue weighted by Crippen LogP contribution is 2.57. The lowest BCUT2D eigenvalue weighted by atomic mass is 9.73. The fraction of sp³-hybridized carbons (Fsp3) is 0.429. The summed E-state index contributed by atoms with van der Waals surface area (Å²) in [4.78, 5) is 44.6. The van der Waals surface area contributed by atoms with Crippen LogP contribution in [-0.2, 0) is 32.5 Å². The number of hydrogen-bond acceptors (Lipinski definition) is 6. The number of anilines is 4. The monoisotopic (exact) mass is 964 g/mol. The molecule has 7 rings (SSSR count). The van der Waals surface area contributed by atoms with Crippen molar-refractivity contribution in [2.75, 3.05) is 9.80 Å². The number of ketones is 2. The molecule has 5 aromatic rings. The van der Waals surface area contributed by atoms with Crippen molar-refractivity contribution in [1.29, 1.82) is 0 Å². The molecule has 2 aliphatic rings. The molecule has 0 radical (unpaired) electrons. The van der Waals surface area contributed by atoms with Gasteiger partial charge in [-0.25, -0.2) is 9.97 Å². The molecule has 0 spiro atoms. The van der Waals surface area contributed by atoms with Gasteiger partial charge in [-0.3, -0.25) is 19.4 Å². The second-order valence-corrected chi connectivity index (χ2v) is 25.7. The number of carbonyl (C=O) groups is 2. The highest BCUT2D eigenvalue weighted by Gasteiger charge is 2.46. The minimum Gasteiger partial charge on any atom is -0.288 e. The molecule has 0 amide bonds. The number of nitrogens with zero attached hydrogens (tertiary/aromatic N) is 4. The van der Waals surface area contributed by atoms with Crippen molar-refractivity contribution < 1.29 is 9.59 Å². The SMILES string of the molecule is CC(C)(C)c1cc(C(C)(C)C)c(N2C(=CC=C3C(=O)c4c(Cl)c(Cl)c(Cl)c(Cl)c4C3=O)N(c3c(C(C)(C)C)cc(C(C)(C)C)cc3C(C)(C)C)c3nc4ccccc4nc32)c(C(C)(C)C)c1. The Labute approximate surface area is 412 Å². The molecule has 0 fully saturated rings. The first-order chi connectivity index (χ1) is 30.1. The first-order valence-electron chi connectivity index (χ1n) is 22.7. The summed E-state index contributed by atoms with van der Waals surface area (Å²) in [6.45, 7) is 40.4. The lowest BCUT2D eigenvalue weighted by molar-refractivity contribution is 0.0988. The third-order valence-electron chi connectivity index (χ3n) is 12.7. The van der Waals surface area contributed by atoms with Gasteiger partial charge in [-0.1, -0.05) is 207 Å². The molecule has 10 heteroatoms. The topological polar surface area (TPSA) is 66.4 Å². The molecule has 1 aliphatic heterocycles. The van der Waals surface area contributed by atoms with Gasteiger partial charge in [-0.2, -0.15) is 0 Å². The molecule has 1 aliphatic carbocycles. The van der Waals surface area contributed by atoms with Crippen molar-refractivity contribution >= 4 is 92.0 Å². The highest BCUT2D eigenvalue weighted by molar-refractivity contribution is 6.57. The Balaban J connectivity index is 1.74. The summed E-state index contributed by atoms with van der Waals surface area (Å²) >= 11 is 26.4. The fourth-order valence-electron chi connectivity index (χ4n) is 8.83. The van der Waals surface area contributed by atoms with Crippen molar-refractivity contribution in [2.24, 2.45) is 0 Å². The molecule has 0 saturated heterocycles. The maximum absolute atomic E-state index is 14.5. The number of benzene rings is 4. The van der Waals surface area contributed by atoms with Gasteiger partial charge in [0.1, 0.15) is 5.82 Å². The maximum atomic E-state index is 14.5. The summed E-state index contributed by atoms with van der Waals surface area (Å²) in [5, 5.41) is -0.387. The summed E-state index contributed by atoms with van der Waals surface area (Å²) in [6.07, 6.45) is 3.46. The van der Waals surface area contributed by atoms with Gasteiger partial charge in [0.2, 0.25) is 0 Å². The number of carbonyl (C=O) groups excluding carboxylic acids is 2. The van der Waals surface area contributed by atoms with Crippen LogP contribution in [0.2, 0.25) is 20.1 Å². The van der Waals surface area contributed by atoms with Crippen LogP contribution in [-0.4, -0.2) is 21.5 Å². The van der Waals surface area contributed by atoms with E-state index < -0.39 is 11.6 Å². The van der Waals surface area contributed by atoms with Gasteiger partial charge < -0.3 is 0 Å². The van der Waals surface area contributed by atoms with Gasteiger partial charge in [-0.15, -0.1) is 0 Å². The minimum absolute atomic E-state index is 0.0608. The predicted molar refractivity (Wildman–Crippen MR) is 280 cm³/mol. The first kappa shape index (κ1) is 49.7. The summed E-state index contributed by atoms with van der Waals surface area (Å²) in [5.41, 5.74) is 8.18. The smallest absolute Gasteiger partial charge is 0.199 e. The zero-order valence-electron chi connectivity index (χ0n) is 41.9. The second-order valence-electron chi connectivity index (χ2n) is 24.1. The number of Topliss-reactive ketones (excluding diaryl/α,β-unsaturated/α-hetero) is 2. The number of para-hydroxylation sites is 2. The molecule has 0 bridgehead atoms. The third-order valence-corrected chi connectivity index (χ3v) is 14.5. The van der Waals surface area contributed by atoms with Gasteiger partial charge in [0, 0.05) is 0 Å². The summed E-state index contributed by atoms with van der Waals surface area (Å²) in [6, 6.07) is 17.3. The highest BCUT2D eigenvalue weighted by atomic mass is 35.5. The Kier molecular flexibility index (Phi) is 12.2. The van der Waals surface area contributed by atoms with Crippen LogP contribution in [0.25, 0.3) is 11.0 Å². The van der Waals surface area contributed by atoms with Crippen molar-refractivity contribution in [3.8, 4) is 0 Å². The van der Waals surface area contributed by atoms with Crippen LogP contribution in [0.1, 0.15) is 179 Å². The molecular weight excluding hydrogens is 902 g/mol. The Morgan fingerprint density at radius 3 is 1.02 bits per heavy atom. The van der Waals surface area contributed by atoms with E-state index in [1.54, 1.807) is 6.08 Å². The number of fused-ring (bicyclic) bond motifs is 3. The number of halogens is 4. The summed E-state index contributed by atoms with van der Waals surface area (Å²) < 4.78 is 0. The van der Waals surface area contributed by atoms with Crippen LogP contribution in [0.3, 0.4) is 0 Å². The van der Waals surface area contributed by atoms with Crippen LogP contribution in [0.4, 0.5) is 23.0 Å². The predicted octanol–water partition coefficient (Wildman–Crippen LogP) is 17.2. The van der Waals surface area contributed by atoms with E-state index >= 15 is 0 Å². The van der Waals surface area contributed by atoms with E-state index in [4.69, 9.17) is 56.4 Å². The molecule has 66 heavy (non-hydrogen) atoms. The molecule has 0 N–H and O–H groups in total. The van der Waals surface area contributed by atoms with Crippen molar-refractivity contribution in [3.63, 3.8) is 0 Å². The third kappa shape index (κ3) is 8.52. The van der Waals surface area contributed by atoms with Crippen LogP contribution in [0, 0.1) is 0 Å². The van der Waals surface area contributed by atoms with E-state index in [2.05, 4.69) is 159 Å². The van der Waals surface area contributed by atoms with E-state index in [9.17, 15) is 9.59 Å². The van der Waals surface area contributed by atoms with Gasteiger partial charge in [0.15, 0.2) is 23.2 Å². The molecule has 0 unspecified atom stereocenters. The molecule has 4 aromatic carbocycles. The average molecular weight is 967 g/mol. The summed E-state index contributed by atoms with van der Waals surface area (Å²) in [5.74, 6) is 0.697. The minimum atomic E-state index is -0.589. The zero-order chi connectivity index (χ0) is 49.3. The molecule has 0 saturated carbocycles. The number of hydrogen-bond donors (Lipinski definition) is 0. The van der Waals surface area contributed by atoms with Crippen molar-refractivity contribution in [3.05, 3.63) is 137 Å². The number of rotatable bonds is 3. The van der Waals surface area contributed by atoms with E-state index in [0.29, 0.717) is 17.5 Å². The van der Waals surface area contributed by atoms with Crippen LogP contribution >= 0.6 is 46.4 Å². The second kappa shape index (κ2) is 16.2. The van der Waals surface area contributed by atoms with E-state index in [1.165, 1.54) is 11.1 Å². The Morgan fingerprint density at radius 1 is 0.439 bits per heavy atom. The van der Waals surface area contributed by atoms with E-state index in [1.807, 2.05) is 30.3 Å². The molecule has 0 atom stereocenters. The Bertz CT molecular complexity index is 2690. The van der Waals surface area contributed by atoms with Crippen LogP contribution in [0.5, 0.6) is 0 Å². The number of aromatic nitrogens is 2. The lowest BCUT2D eigenvalue weighted by Crippen LogP contribution is -2.32. The molecule has 6 nitrogen and oxygen atoms in total. The normalized spacial score (nSPS) is 15.1. The Morgan fingerprint density at radius 2 is 0.742 bits per heavy atom. The standard InChI is InChI=1S/C56H64Cl4N4O2/c1-51(2,3)29-25-32(53(7,8)9)45(33(26-29)54(10,11)12)63-38(24-23-31-47(65)39-40(48(31)66)42(58)44(60)43(59)41(39)57)64(50-49(63)61-36-21-19-20-22-37(36)62-50)46-34(55(13,14)15)27-30(52(4,5)6)28-35(46)56(16,17)18/h19-28H,1-18H3. The quantitative estimate of drug-likeness (QED) is 0.0777. The largest absolute Gasteiger partial charge is 0.288 e. The van der Waals surface area contributed by atoms with E-state index in [0.717, 1.165) is 44.7 Å². The van der Waals surface area contributed by atoms with Crippen molar-refractivity contribution in [2.45, 2.75) is 157 Å². The lowest BCUT2D eigenvalue weighted by Gasteiger charge is -2.39. The summed E-state index contributed by atoms with van der Waals surface area (Å²) in [7, 11) is 0. The van der Waals surface area contributed by atoms with Gasteiger partial charge in [0.25, 0.3) is 0 Å². The molecule has 1 aromatic heterocycles. The zero-order valence-corrected chi connectivity index (χ0v) is 44.9. The molecular formula is C56H64Cl4N4O2. The fourth-order valence-corrected chi connectivity index (χ4v) is 9.86. The molecule has 2 heterocycles. The van der Waals surface area contributed by atoms with Gasteiger partial charge in [-0.05, 0) is 90.2 Å². The Hall–Kier alpha value is -4.20. The van der Waals surface area contributed by atoms with Crippen LogP contribution < -0.4 is 9.80 Å². The average Bonchev–Trinajstić information content (AvgIpc) is 3.62. The van der Waals surface area contributed by atoms with Gasteiger partial charge >= 0.3 is 0 Å². The van der Waals surface area contributed by atoms with Gasteiger partial charge in [0.05, 0.1) is 59.2 Å².